The van der Waals surface area contributed by atoms with Crippen LogP contribution in [0.1, 0.15) is 57.2 Å². The average Bonchev–Trinajstić information content (AvgIpc) is 3.33. The van der Waals surface area contributed by atoms with Crippen LogP contribution in [0.4, 0.5) is 5.13 Å². The van der Waals surface area contributed by atoms with E-state index in [9.17, 15) is 9.59 Å². The first-order valence-electron chi connectivity index (χ1n) is 10.1. The zero-order chi connectivity index (χ0) is 20.1. The summed E-state index contributed by atoms with van der Waals surface area (Å²) in [6.07, 6.45) is 3.40. The molecule has 3 rings (SSSR count). The van der Waals surface area contributed by atoms with E-state index in [0.717, 1.165) is 31.5 Å². The Kier molecular flexibility index (Phi) is 6.83. The minimum atomic E-state index is -0.0942. The molecule has 2 heterocycles. The van der Waals surface area contributed by atoms with Crippen molar-refractivity contribution in [3.05, 3.63) is 47.0 Å². The number of hydrogen-bond acceptors (Lipinski definition) is 4. The van der Waals surface area contributed by atoms with Gasteiger partial charge in [0.2, 0.25) is 11.8 Å². The number of carbonyl (C=O) groups is 2. The number of hydrogen-bond donors (Lipinski definition) is 1. The van der Waals surface area contributed by atoms with Crippen LogP contribution >= 0.6 is 11.3 Å². The van der Waals surface area contributed by atoms with Crippen LogP contribution in [0.5, 0.6) is 0 Å². The van der Waals surface area contributed by atoms with Crippen LogP contribution in [0, 0.1) is 5.92 Å². The Hall–Kier alpha value is -2.21. The Bertz CT molecular complexity index is 803. The third-order valence-corrected chi connectivity index (χ3v) is 6.20. The highest BCUT2D eigenvalue weighted by Gasteiger charge is 2.34. The van der Waals surface area contributed by atoms with Gasteiger partial charge in [0, 0.05) is 29.8 Å². The van der Waals surface area contributed by atoms with Crippen molar-refractivity contribution in [2.24, 2.45) is 5.92 Å². The van der Waals surface area contributed by atoms with E-state index in [1.807, 2.05) is 30.2 Å². The molecule has 2 aromatic rings. The number of carbonyl (C=O) groups excluding carboxylic acids is 2. The van der Waals surface area contributed by atoms with Gasteiger partial charge in [-0.1, -0.05) is 51.1 Å². The monoisotopic (exact) mass is 399 g/mol. The maximum atomic E-state index is 13.0. The lowest BCUT2D eigenvalue weighted by atomic mass is 9.87. The predicted molar refractivity (Wildman–Crippen MR) is 113 cm³/mol. The Labute approximate surface area is 171 Å². The maximum absolute atomic E-state index is 13.0. The third-order valence-electron chi connectivity index (χ3n) is 5.39. The fourth-order valence-electron chi connectivity index (χ4n) is 3.90. The molecule has 0 unspecified atom stereocenters. The summed E-state index contributed by atoms with van der Waals surface area (Å²) >= 11 is 1.37. The molecule has 1 saturated heterocycles. The molecule has 0 radical (unpaired) electrons. The summed E-state index contributed by atoms with van der Waals surface area (Å²) in [5.74, 6) is 0.344. The predicted octanol–water partition coefficient (Wildman–Crippen LogP) is 4.46. The molecule has 5 nitrogen and oxygen atoms in total. The zero-order valence-electron chi connectivity index (χ0n) is 16.9. The Morgan fingerprint density at radius 1 is 1.29 bits per heavy atom. The molecule has 0 spiro atoms. The van der Waals surface area contributed by atoms with E-state index >= 15 is 0 Å². The van der Waals surface area contributed by atoms with Gasteiger partial charge in [-0.15, -0.1) is 11.3 Å². The van der Waals surface area contributed by atoms with E-state index in [0.29, 0.717) is 11.0 Å². The van der Waals surface area contributed by atoms with E-state index in [1.54, 1.807) is 0 Å². The topological polar surface area (TPSA) is 62.3 Å². The summed E-state index contributed by atoms with van der Waals surface area (Å²) in [4.78, 5) is 31.3. The highest BCUT2D eigenvalue weighted by Crippen LogP contribution is 2.34. The molecule has 6 heteroatoms. The van der Waals surface area contributed by atoms with Gasteiger partial charge in [0.05, 0.1) is 12.1 Å². The van der Waals surface area contributed by atoms with Gasteiger partial charge in [-0.25, -0.2) is 4.98 Å². The molecular weight excluding hydrogens is 370 g/mol. The van der Waals surface area contributed by atoms with Crippen LogP contribution in [0.15, 0.2) is 35.7 Å². The molecule has 2 amide bonds. The van der Waals surface area contributed by atoms with E-state index in [-0.39, 0.29) is 30.2 Å². The zero-order valence-corrected chi connectivity index (χ0v) is 17.7. The van der Waals surface area contributed by atoms with Crippen molar-refractivity contribution in [3.8, 4) is 0 Å². The number of nitrogens with zero attached hydrogens (tertiary/aromatic N) is 2. The van der Waals surface area contributed by atoms with Crippen molar-refractivity contribution < 1.29 is 9.59 Å². The number of benzene rings is 1. The first-order chi connectivity index (χ1) is 13.5. The number of aromatic nitrogens is 1. The van der Waals surface area contributed by atoms with Crippen LogP contribution in [-0.4, -0.2) is 34.3 Å². The van der Waals surface area contributed by atoms with Crippen LogP contribution in [-0.2, 0) is 16.0 Å². The van der Waals surface area contributed by atoms with Crippen molar-refractivity contribution in [1.82, 2.24) is 9.88 Å². The molecule has 1 aromatic carbocycles. The molecule has 150 valence electrons. The van der Waals surface area contributed by atoms with Gasteiger partial charge >= 0.3 is 0 Å². The number of anilines is 1. The Morgan fingerprint density at radius 2 is 2.04 bits per heavy atom. The van der Waals surface area contributed by atoms with Crippen LogP contribution in [0.3, 0.4) is 0 Å². The number of rotatable bonds is 7. The quantitative estimate of drug-likeness (QED) is 0.747. The number of amides is 2. The molecule has 2 atom stereocenters. The molecule has 1 aliphatic rings. The summed E-state index contributed by atoms with van der Waals surface area (Å²) in [6, 6.07) is 10.8. The molecule has 1 fully saturated rings. The van der Waals surface area contributed by atoms with Crippen LogP contribution in [0.2, 0.25) is 0 Å². The number of nitrogens with one attached hydrogen (secondary N) is 1. The maximum Gasteiger partial charge on any atom is 0.228 e. The first-order valence-corrected chi connectivity index (χ1v) is 11.0. The van der Waals surface area contributed by atoms with Crippen molar-refractivity contribution in [1.29, 1.82) is 0 Å². The van der Waals surface area contributed by atoms with Crippen molar-refractivity contribution in [2.45, 2.75) is 58.4 Å². The second kappa shape index (κ2) is 9.32. The third kappa shape index (κ3) is 4.79. The smallest absolute Gasteiger partial charge is 0.228 e. The van der Waals surface area contributed by atoms with Crippen molar-refractivity contribution in [3.63, 3.8) is 0 Å². The Morgan fingerprint density at radius 3 is 2.71 bits per heavy atom. The SMILES string of the molecule is CC[C@H](c1ccccc1)[C@@H]1CCCN1C(=O)Cc1csc(NC(=O)C(C)C)n1. The van der Waals surface area contributed by atoms with E-state index in [4.69, 9.17) is 0 Å². The van der Waals surface area contributed by atoms with Gasteiger partial charge in [-0.05, 0) is 24.8 Å². The van der Waals surface area contributed by atoms with E-state index in [1.165, 1.54) is 16.9 Å². The lowest BCUT2D eigenvalue weighted by molar-refractivity contribution is -0.131. The molecular formula is C22H29N3O2S. The number of likely N-dealkylation sites (tertiary alicyclic amines) is 1. The van der Waals surface area contributed by atoms with Crippen molar-refractivity contribution in [2.75, 3.05) is 11.9 Å². The molecule has 1 aromatic heterocycles. The lowest BCUT2D eigenvalue weighted by Crippen LogP contribution is -2.40. The summed E-state index contributed by atoms with van der Waals surface area (Å²) in [5.41, 5.74) is 2.04. The second-order valence-corrected chi connectivity index (χ2v) is 8.54. The highest BCUT2D eigenvalue weighted by atomic mass is 32.1. The fourth-order valence-corrected chi connectivity index (χ4v) is 4.62. The fraction of sp³-hybridized carbons (Fsp3) is 0.500. The average molecular weight is 400 g/mol. The van der Waals surface area contributed by atoms with Gasteiger partial charge < -0.3 is 10.2 Å². The van der Waals surface area contributed by atoms with Crippen molar-refractivity contribution >= 4 is 28.3 Å². The minimum absolute atomic E-state index is 0.0551. The van der Waals surface area contributed by atoms with Gasteiger partial charge in [-0.2, -0.15) is 0 Å². The van der Waals surface area contributed by atoms with E-state index in [2.05, 4.69) is 41.5 Å². The standard InChI is InChI=1S/C22H29N3O2S/c1-4-18(16-9-6-5-7-10-16)19-11-8-12-25(19)20(26)13-17-14-28-22(23-17)24-21(27)15(2)3/h5-7,9-10,14-15,18-19H,4,8,11-13H2,1-3H3,(H,23,24,27)/t18-,19+/m1/s1. The minimum Gasteiger partial charge on any atom is -0.339 e. The van der Waals surface area contributed by atoms with Gasteiger partial charge in [-0.3, -0.25) is 9.59 Å². The first kappa shape index (κ1) is 20.5. The molecule has 1 N–H and O–H groups in total. The normalized spacial score (nSPS) is 17.7. The van der Waals surface area contributed by atoms with Gasteiger partial charge in [0.25, 0.3) is 0 Å². The molecule has 0 aliphatic carbocycles. The molecule has 0 bridgehead atoms. The molecule has 1 aliphatic heterocycles. The largest absolute Gasteiger partial charge is 0.339 e. The van der Waals surface area contributed by atoms with Crippen LogP contribution < -0.4 is 5.32 Å². The summed E-state index contributed by atoms with van der Waals surface area (Å²) in [5, 5.41) is 5.24. The van der Waals surface area contributed by atoms with E-state index < -0.39 is 0 Å². The number of thiazole rings is 1. The van der Waals surface area contributed by atoms with Crippen LogP contribution in [0.25, 0.3) is 0 Å². The molecule has 0 saturated carbocycles. The second-order valence-electron chi connectivity index (χ2n) is 7.69. The lowest BCUT2D eigenvalue weighted by Gasteiger charge is -2.31. The summed E-state index contributed by atoms with van der Waals surface area (Å²) in [6.45, 7) is 6.70. The van der Waals surface area contributed by atoms with Gasteiger partial charge in [0.15, 0.2) is 5.13 Å². The molecule has 28 heavy (non-hydrogen) atoms. The summed E-state index contributed by atoms with van der Waals surface area (Å²) in [7, 11) is 0. The highest BCUT2D eigenvalue weighted by molar-refractivity contribution is 7.13. The Balaban J connectivity index is 1.66. The summed E-state index contributed by atoms with van der Waals surface area (Å²) < 4.78 is 0. The van der Waals surface area contributed by atoms with Gasteiger partial charge in [0.1, 0.15) is 0 Å².